The summed E-state index contributed by atoms with van der Waals surface area (Å²) in [4.78, 5) is 16.0. The van der Waals surface area contributed by atoms with Crippen LogP contribution in [0.4, 0.5) is 0 Å². The van der Waals surface area contributed by atoms with Crippen molar-refractivity contribution in [2.75, 3.05) is 20.3 Å². The van der Waals surface area contributed by atoms with Gasteiger partial charge in [0.05, 0.1) is 31.4 Å². The fourth-order valence-electron chi connectivity index (χ4n) is 1.98. The lowest BCUT2D eigenvalue weighted by molar-refractivity contribution is 0.0603. The van der Waals surface area contributed by atoms with Gasteiger partial charge in [-0.05, 0) is 26.0 Å². The van der Waals surface area contributed by atoms with Gasteiger partial charge in [0, 0.05) is 17.6 Å². The van der Waals surface area contributed by atoms with Gasteiger partial charge in [0.25, 0.3) is 0 Å². The number of pyridine rings is 1. The molecule has 0 saturated heterocycles. The molecule has 1 aromatic carbocycles. The second-order valence-corrected chi connectivity index (χ2v) is 4.03. The number of nitrogens with zero attached hydrogens (tertiary/aromatic N) is 1. The Bertz CT molecular complexity index is 625. The highest BCUT2D eigenvalue weighted by Crippen LogP contribution is 2.33. The predicted molar refractivity (Wildman–Crippen MR) is 75.4 cm³/mol. The van der Waals surface area contributed by atoms with E-state index in [-0.39, 0.29) is 0 Å². The van der Waals surface area contributed by atoms with Crippen LogP contribution in [0.1, 0.15) is 24.2 Å². The summed E-state index contributed by atoms with van der Waals surface area (Å²) < 4.78 is 15.9. The quantitative estimate of drug-likeness (QED) is 0.785. The zero-order chi connectivity index (χ0) is 14.5. The summed E-state index contributed by atoms with van der Waals surface area (Å²) in [6, 6.07) is 5.17. The van der Waals surface area contributed by atoms with E-state index in [1.54, 1.807) is 24.4 Å². The predicted octanol–water partition coefficient (Wildman–Crippen LogP) is 2.82. The minimum Gasteiger partial charge on any atom is -0.490 e. The maximum atomic E-state index is 11.8. The Labute approximate surface area is 117 Å². The lowest BCUT2D eigenvalue weighted by Gasteiger charge is -2.13. The molecular weight excluding hydrogens is 258 g/mol. The first-order valence-corrected chi connectivity index (χ1v) is 6.47. The normalized spacial score (nSPS) is 10.3. The maximum Gasteiger partial charge on any atom is 0.338 e. The van der Waals surface area contributed by atoms with Gasteiger partial charge in [0.1, 0.15) is 0 Å². The largest absolute Gasteiger partial charge is 0.490 e. The van der Waals surface area contributed by atoms with Crippen LogP contribution in [0, 0.1) is 0 Å². The number of carbonyl (C=O) groups excluding carboxylic acids is 1. The number of esters is 1. The fourth-order valence-corrected chi connectivity index (χ4v) is 1.98. The highest BCUT2D eigenvalue weighted by molar-refractivity contribution is 6.04. The molecule has 0 unspecified atom stereocenters. The number of fused-ring (bicyclic) bond motifs is 1. The number of carbonyl (C=O) groups is 1. The smallest absolute Gasteiger partial charge is 0.338 e. The van der Waals surface area contributed by atoms with Crippen LogP contribution in [0.15, 0.2) is 24.4 Å². The van der Waals surface area contributed by atoms with E-state index in [9.17, 15) is 4.79 Å². The molecule has 0 amide bonds. The third-order valence-corrected chi connectivity index (χ3v) is 2.81. The van der Waals surface area contributed by atoms with Crippen LogP contribution in [0.5, 0.6) is 11.5 Å². The summed E-state index contributed by atoms with van der Waals surface area (Å²) in [5.74, 6) is 0.820. The molecule has 0 fully saturated rings. The molecule has 1 heterocycles. The number of hydrogen-bond donors (Lipinski definition) is 0. The van der Waals surface area contributed by atoms with E-state index in [0.29, 0.717) is 41.2 Å². The number of aromatic nitrogens is 1. The fraction of sp³-hybridized carbons (Fsp3) is 0.333. The molecule has 0 spiro atoms. The molecule has 0 atom stereocenters. The molecule has 0 radical (unpaired) electrons. The van der Waals surface area contributed by atoms with E-state index in [0.717, 1.165) is 0 Å². The Balaban J connectivity index is 2.63. The van der Waals surface area contributed by atoms with Crippen LogP contribution < -0.4 is 9.47 Å². The Kier molecular flexibility index (Phi) is 4.40. The van der Waals surface area contributed by atoms with Crippen molar-refractivity contribution in [3.05, 3.63) is 30.0 Å². The standard InChI is InChI=1S/C15H17NO4/c1-4-19-13-8-11-10(15(17)18-3)6-7-16-12(11)9-14(13)20-5-2/h6-9H,4-5H2,1-3H3. The highest BCUT2D eigenvalue weighted by atomic mass is 16.5. The molecule has 0 aliphatic carbocycles. The molecule has 0 bridgehead atoms. The van der Waals surface area contributed by atoms with Crippen LogP contribution >= 0.6 is 0 Å². The lowest BCUT2D eigenvalue weighted by atomic mass is 10.1. The van der Waals surface area contributed by atoms with E-state index in [4.69, 9.17) is 14.2 Å². The van der Waals surface area contributed by atoms with Crippen LogP contribution in [0.3, 0.4) is 0 Å². The van der Waals surface area contributed by atoms with Crippen LogP contribution in [-0.2, 0) is 4.74 Å². The molecule has 0 aliphatic heterocycles. The topological polar surface area (TPSA) is 57.7 Å². The van der Waals surface area contributed by atoms with E-state index in [2.05, 4.69) is 4.98 Å². The number of hydrogen-bond acceptors (Lipinski definition) is 5. The Morgan fingerprint density at radius 2 is 1.80 bits per heavy atom. The first-order chi connectivity index (χ1) is 9.71. The molecule has 0 aliphatic rings. The van der Waals surface area contributed by atoms with Crippen molar-refractivity contribution >= 4 is 16.9 Å². The van der Waals surface area contributed by atoms with Crippen LogP contribution in [-0.4, -0.2) is 31.3 Å². The Morgan fingerprint density at radius 1 is 1.15 bits per heavy atom. The summed E-state index contributed by atoms with van der Waals surface area (Å²) in [6.45, 7) is 4.84. The van der Waals surface area contributed by atoms with Gasteiger partial charge >= 0.3 is 5.97 Å². The average molecular weight is 275 g/mol. The van der Waals surface area contributed by atoms with E-state index in [1.165, 1.54) is 7.11 Å². The van der Waals surface area contributed by atoms with E-state index in [1.807, 2.05) is 13.8 Å². The molecule has 2 aromatic rings. The zero-order valence-corrected chi connectivity index (χ0v) is 11.8. The summed E-state index contributed by atoms with van der Waals surface area (Å²) in [5.41, 5.74) is 1.13. The molecule has 5 nitrogen and oxygen atoms in total. The SMILES string of the molecule is CCOc1cc2nccc(C(=O)OC)c2cc1OCC. The summed E-state index contributed by atoms with van der Waals surface area (Å²) >= 11 is 0. The molecule has 0 saturated carbocycles. The van der Waals surface area contributed by atoms with Crippen molar-refractivity contribution in [2.45, 2.75) is 13.8 Å². The minimum atomic E-state index is -0.399. The van der Waals surface area contributed by atoms with Crippen molar-refractivity contribution in [1.29, 1.82) is 0 Å². The minimum absolute atomic E-state index is 0.399. The van der Waals surface area contributed by atoms with Crippen molar-refractivity contribution in [3.63, 3.8) is 0 Å². The van der Waals surface area contributed by atoms with Gasteiger partial charge < -0.3 is 14.2 Å². The van der Waals surface area contributed by atoms with Crippen molar-refractivity contribution in [3.8, 4) is 11.5 Å². The average Bonchev–Trinajstić information content (AvgIpc) is 2.47. The number of benzene rings is 1. The van der Waals surface area contributed by atoms with Gasteiger partial charge in [0.2, 0.25) is 0 Å². The third-order valence-electron chi connectivity index (χ3n) is 2.81. The molecule has 106 valence electrons. The monoisotopic (exact) mass is 275 g/mol. The number of ether oxygens (including phenoxy) is 3. The number of rotatable bonds is 5. The second-order valence-electron chi connectivity index (χ2n) is 4.03. The molecule has 2 rings (SSSR count). The van der Waals surface area contributed by atoms with Gasteiger partial charge in [-0.2, -0.15) is 0 Å². The van der Waals surface area contributed by atoms with Gasteiger partial charge in [-0.15, -0.1) is 0 Å². The summed E-state index contributed by atoms with van der Waals surface area (Å²) in [6.07, 6.45) is 1.57. The van der Waals surface area contributed by atoms with Crippen molar-refractivity contribution in [2.24, 2.45) is 0 Å². The van der Waals surface area contributed by atoms with Gasteiger partial charge in [-0.1, -0.05) is 0 Å². The van der Waals surface area contributed by atoms with E-state index >= 15 is 0 Å². The number of methoxy groups -OCH3 is 1. The summed E-state index contributed by atoms with van der Waals surface area (Å²) in [7, 11) is 1.35. The first-order valence-electron chi connectivity index (χ1n) is 6.47. The Morgan fingerprint density at radius 3 is 2.40 bits per heavy atom. The van der Waals surface area contributed by atoms with Crippen molar-refractivity contribution < 1.29 is 19.0 Å². The second kappa shape index (κ2) is 6.23. The molecule has 20 heavy (non-hydrogen) atoms. The molecule has 0 N–H and O–H groups in total. The molecular formula is C15H17NO4. The first kappa shape index (κ1) is 14.1. The Hall–Kier alpha value is -2.30. The van der Waals surface area contributed by atoms with Gasteiger partial charge in [-0.25, -0.2) is 4.79 Å². The van der Waals surface area contributed by atoms with Crippen LogP contribution in [0.25, 0.3) is 10.9 Å². The molecule has 1 aromatic heterocycles. The van der Waals surface area contributed by atoms with Crippen LogP contribution in [0.2, 0.25) is 0 Å². The van der Waals surface area contributed by atoms with Crippen molar-refractivity contribution in [1.82, 2.24) is 4.98 Å². The lowest BCUT2D eigenvalue weighted by Crippen LogP contribution is -2.04. The highest BCUT2D eigenvalue weighted by Gasteiger charge is 2.15. The summed E-state index contributed by atoms with van der Waals surface area (Å²) in [5, 5.41) is 0.686. The molecule has 5 heteroatoms. The zero-order valence-electron chi connectivity index (χ0n) is 11.8. The third kappa shape index (κ3) is 2.66. The maximum absolute atomic E-state index is 11.8. The van der Waals surface area contributed by atoms with E-state index < -0.39 is 5.97 Å². The van der Waals surface area contributed by atoms with Gasteiger partial charge in [0.15, 0.2) is 11.5 Å². The van der Waals surface area contributed by atoms with Gasteiger partial charge in [-0.3, -0.25) is 4.98 Å².